The number of nitrogens with zero attached hydrogens (tertiary/aromatic N) is 1. The van der Waals surface area contributed by atoms with Crippen LogP contribution in [-0.4, -0.2) is 24.1 Å². The van der Waals surface area contributed by atoms with Crippen LogP contribution in [-0.2, 0) is 9.53 Å². The van der Waals surface area contributed by atoms with E-state index in [9.17, 15) is 4.79 Å². The van der Waals surface area contributed by atoms with Crippen molar-refractivity contribution in [3.05, 3.63) is 29.6 Å². The molecule has 0 saturated heterocycles. The van der Waals surface area contributed by atoms with Crippen LogP contribution in [0.5, 0.6) is 0 Å². The monoisotopic (exact) mass is 305 g/mol. The third-order valence-electron chi connectivity index (χ3n) is 2.78. The molecule has 0 aliphatic carbocycles. The highest BCUT2D eigenvalue weighted by atomic mass is 32.1. The Bertz CT molecular complexity index is 581. The average molecular weight is 305 g/mol. The van der Waals surface area contributed by atoms with Gasteiger partial charge in [-0.25, -0.2) is 4.98 Å². The second-order valence-electron chi connectivity index (χ2n) is 4.57. The van der Waals surface area contributed by atoms with E-state index in [4.69, 9.17) is 10.5 Å². The number of carbonyl (C=O) groups excluding carboxylic acids is 1. The van der Waals surface area contributed by atoms with Crippen molar-refractivity contribution >= 4 is 28.1 Å². The number of carbonyl (C=O) groups is 1. The summed E-state index contributed by atoms with van der Waals surface area (Å²) in [5.41, 5.74) is 8.18. The molecule has 0 saturated carbocycles. The van der Waals surface area contributed by atoms with Crippen LogP contribution in [0.2, 0.25) is 0 Å². The Labute approximate surface area is 128 Å². The zero-order valence-electron chi connectivity index (χ0n) is 12.0. The molecular weight excluding hydrogens is 286 g/mol. The summed E-state index contributed by atoms with van der Waals surface area (Å²) in [6.45, 7) is 3.16. The van der Waals surface area contributed by atoms with Gasteiger partial charge in [-0.15, -0.1) is 11.3 Å². The van der Waals surface area contributed by atoms with Gasteiger partial charge in [0.1, 0.15) is 0 Å². The second-order valence-corrected chi connectivity index (χ2v) is 5.43. The van der Waals surface area contributed by atoms with Crippen LogP contribution in [0.4, 0.5) is 10.8 Å². The van der Waals surface area contributed by atoms with Gasteiger partial charge >= 0.3 is 0 Å². The molecule has 0 radical (unpaired) electrons. The number of anilines is 2. The molecule has 2 rings (SSSR count). The van der Waals surface area contributed by atoms with Gasteiger partial charge in [-0.05, 0) is 18.6 Å². The molecule has 0 atom stereocenters. The van der Waals surface area contributed by atoms with Crippen LogP contribution in [0.1, 0.15) is 19.8 Å². The van der Waals surface area contributed by atoms with E-state index in [2.05, 4.69) is 10.3 Å². The molecule has 21 heavy (non-hydrogen) atoms. The van der Waals surface area contributed by atoms with E-state index in [1.165, 1.54) is 11.3 Å². The first-order valence-corrected chi connectivity index (χ1v) is 7.76. The molecule has 2 aromatic rings. The van der Waals surface area contributed by atoms with Gasteiger partial charge in [-0.1, -0.05) is 19.1 Å². The lowest BCUT2D eigenvalue weighted by Gasteiger charge is -2.02. The van der Waals surface area contributed by atoms with Crippen molar-refractivity contribution in [2.45, 2.75) is 19.8 Å². The van der Waals surface area contributed by atoms with Gasteiger partial charge in [-0.2, -0.15) is 0 Å². The van der Waals surface area contributed by atoms with Gasteiger partial charge in [0.2, 0.25) is 5.91 Å². The number of nitrogens with two attached hydrogens (primary N) is 1. The smallest absolute Gasteiger partial charge is 0.228 e. The Morgan fingerprint density at radius 2 is 2.10 bits per heavy atom. The van der Waals surface area contributed by atoms with E-state index in [1.54, 1.807) is 0 Å². The van der Waals surface area contributed by atoms with Crippen LogP contribution in [0.15, 0.2) is 29.6 Å². The minimum absolute atomic E-state index is 0.0793. The SMILES string of the molecule is CCCOCCC(=O)Nc1nc(-c2ccc(N)cc2)cs1. The molecular formula is C15H19N3O2S. The number of nitrogens with one attached hydrogen (secondary N) is 1. The Morgan fingerprint density at radius 3 is 2.81 bits per heavy atom. The number of benzene rings is 1. The zero-order chi connectivity index (χ0) is 15.1. The zero-order valence-corrected chi connectivity index (χ0v) is 12.8. The van der Waals surface area contributed by atoms with Crippen LogP contribution in [0, 0.1) is 0 Å². The summed E-state index contributed by atoms with van der Waals surface area (Å²) in [5.74, 6) is -0.0793. The van der Waals surface area contributed by atoms with Crippen molar-refractivity contribution < 1.29 is 9.53 Å². The Kier molecular flexibility index (Phi) is 5.71. The molecule has 3 N–H and O–H groups in total. The summed E-state index contributed by atoms with van der Waals surface area (Å²) in [6, 6.07) is 7.49. The maximum atomic E-state index is 11.7. The molecule has 1 aromatic carbocycles. The summed E-state index contributed by atoms with van der Waals surface area (Å²) < 4.78 is 5.29. The first-order chi connectivity index (χ1) is 10.2. The quantitative estimate of drug-likeness (QED) is 0.608. The highest BCUT2D eigenvalue weighted by molar-refractivity contribution is 7.14. The Morgan fingerprint density at radius 1 is 1.33 bits per heavy atom. The predicted molar refractivity (Wildman–Crippen MR) is 86.3 cm³/mol. The number of rotatable bonds is 7. The molecule has 5 nitrogen and oxygen atoms in total. The maximum absolute atomic E-state index is 11.7. The summed E-state index contributed by atoms with van der Waals surface area (Å²) in [6.07, 6.45) is 1.30. The van der Waals surface area contributed by atoms with Gasteiger partial charge < -0.3 is 15.8 Å². The highest BCUT2D eigenvalue weighted by Gasteiger charge is 2.08. The van der Waals surface area contributed by atoms with Crippen molar-refractivity contribution in [3.8, 4) is 11.3 Å². The van der Waals surface area contributed by atoms with Gasteiger partial charge in [0.25, 0.3) is 0 Å². The van der Waals surface area contributed by atoms with Crippen LogP contribution >= 0.6 is 11.3 Å². The standard InChI is InChI=1S/C15H19N3O2S/c1-2-8-20-9-7-14(19)18-15-17-13(10-21-15)11-3-5-12(16)6-4-11/h3-6,10H,2,7-9,16H2,1H3,(H,17,18,19). The molecule has 0 aliphatic rings. The summed E-state index contributed by atoms with van der Waals surface area (Å²) in [4.78, 5) is 16.1. The molecule has 0 bridgehead atoms. The summed E-state index contributed by atoms with van der Waals surface area (Å²) in [7, 11) is 0. The molecule has 112 valence electrons. The number of hydrogen-bond acceptors (Lipinski definition) is 5. The first kappa shape index (κ1) is 15.5. The lowest BCUT2D eigenvalue weighted by molar-refractivity contribution is -0.117. The van der Waals surface area contributed by atoms with Gasteiger partial charge in [0, 0.05) is 23.2 Å². The number of ether oxygens (including phenoxy) is 1. The molecule has 1 aromatic heterocycles. The maximum Gasteiger partial charge on any atom is 0.228 e. The fraction of sp³-hybridized carbons (Fsp3) is 0.333. The molecule has 1 amide bonds. The molecule has 0 aliphatic heterocycles. The molecule has 1 heterocycles. The van der Waals surface area contributed by atoms with E-state index in [-0.39, 0.29) is 5.91 Å². The third kappa shape index (κ3) is 4.84. The fourth-order valence-corrected chi connectivity index (χ4v) is 2.45. The molecule has 0 unspecified atom stereocenters. The van der Waals surface area contributed by atoms with Crippen LogP contribution in [0.25, 0.3) is 11.3 Å². The average Bonchev–Trinajstić information content (AvgIpc) is 2.93. The van der Waals surface area contributed by atoms with Gasteiger partial charge in [0.05, 0.1) is 18.7 Å². The first-order valence-electron chi connectivity index (χ1n) is 6.88. The van der Waals surface area contributed by atoms with Crippen molar-refractivity contribution in [1.82, 2.24) is 4.98 Å². The van der Waals surface area contributed by atoms with Crippen molar-refractivity contribution in [1.29, 1.82) is 0 Å². The highest BCUT2D eigenvalue weighted by Crippen LogP contribution is 2.25. The van der Waals surface area contributed by atoms with Gasteiger partial charge in [-0.3, -0.25) is 4.79 Å². The summed E-state index contributed by atoms with van der Waals surface area (Å²) in [5, 5.41) is 5.29. The second kappa shape index (κ2) is 7.75. The van der Waals surface area contributed by atoms with Gasteiger partial charge in [0.15, 0.2) is 5.13 Å². The molecule has 0 fully saturated rings. The van der Waals surface area contributed by atoms with E-state index in [0.29, 0.717) is 24.8 Å². The Balaban J connectivity index is 1.88. The molecule has 0 spiro atoms. The number of hydrogen-bond donors (Lipinski definition) is 2. The predicted octanol–water partition coefficient (Wildman–Crippen LogP) is 3.15. The number of thiazole rings is 1. The molecule has 6 heteroatoms. The normalized spacial score (nSPS) is 10.5. The number of nitrogen functional groups attached to an aromatic ring is 1. The topological polar surface area (TPSA) is 77.2 Å². The number of aromatic nitrogens is 1. The van der Waals surface area contributed by atoms with E-state index < -0.39 is 0 Å². The summed E-state index contributed by atoms with van der Waals surface area (Å²) >= 11 is 1.41. The third-order valence-corrected chi connectivity index (χ3v) is 3.54. The lowest BCUT2D eigenvalue weighted by Crippen LogP contribution is -2.14. The minimum atomic E-state index is -0.0793. The Hall–Kier alpha value is -1.92. The minimum Gasteiger partial charge on any atom is -0.399 e. The lowest BCUT2D eigenvalue weighted by atomic mass is 10.1. The van der Waals surface area contributed by atoms with Crippen molar-refractivity contribution in [2.75, 3.05) is 24.3 Å². The van der Waals surface area contributed by atoms with Crippen molar-refractivity contribution in [2.24, 2.45) is 0 Å². The number of amides is 1. The fourth-order valence-electron chi connectivity index (χ4n) is 1.71. The van der Waals surface area contributed by atoms with E-state index >= 15 is 0 Å². The van der Waals surface area contributed by atoms with E-state index in [1.807, 2.05) is 36.6 Å². The van der Waals surface area contributed by atoms with Crippen molar-refractivity contribution in [3.63, 3.8) is 0 Å². The van der Waals surface area contributed by atoms with E-state index in [0.717, 1.165) is 23.4 Å². The van der Waals surface area contributed by atoms with Crippen LogP contribution < -0.4 is 11.1 Å². The van der Waals surface area contributed by atoms with Crippen LogP contribution in [0.3, 0.4) is 0 Å². The largest absolute Gasteiger partial charge is 0.399 e.